The smallest absolute Gasteiger partial charge is 0.169 e. The Hall–Kier alpha value is -2.17. The topological polar surface area (TPSA) is 79.4 Å². The summed E-state index contributed by atoms with van der Waals surface area (Å²) in [7, 11) is 0. The highest BCUT2D eigenvalue weighted by molar-refractivity contribution is 5.47. The molecule has 0 amide bonds. The van der Waals surface area contributed by atoms with E-state index in [1.165, 1.54) is 0 Å². The fourth-order valence-electron chi connectivity index (χ4n) is 1.41. The van der Waals surface area contributed by atoms with Crippen molar-refractivity contribution in [3.8, 4) is 0 Å². The molecule has 0 aliphatic carbocycles. The Kier molecular flexibility index (Phi) is 2.95. The summed E-state index contributed by atoms with van der Waals surface area (Å²) >= 11 is 0. The third kappa shape index (κ3) is 2.25. The number of rotatable bonds is 3. The van der Waals surface area contributed by atoms with Crippen molar-refractivity contribution in [2.75, 3.05) is 5.73 Å². The minimum Gasteiger partial charge on any atom is -0.398 e. The molecule has 0 saturated heterocycles. The highest BCUT2D eigenvalue weighted by Gasteiger charge is 2.06. The van der Waals surface area contributed by atoms with E-state index < -0.39 is 0 Å². The van der Waals surface area contributed by atoms with E-state index in [1.807, 2.05) is 31.2 Å². The molecule has 0 aliphatic heterocycles. The zero-order valence-electron chi connectivity index (χ0n) is 8.96. The number of nitrogens with two attached hydrogens (primary N) is 1. The first kappa shape index (κ1) is 10.4. The van der Waals surface area contributed by atoms with Crippen molar-refractivity contribution < 1.29 is 0 Å². The van der Waals surface area contributed by atoms with E-state index in [4.69, 9.17) is 5.73 Å². The summed E-state index contributed by atoms with van der Waals surface area (Å²) in [6.45, 7) is 1.95. The van der Waals surface area contributed by atoms with Crippen LogP contribution >= 0.6 is 0 Å². The molecule has 0 spiro atoms. The number of aromatic nitrogens is 2. The van der Waals surface area contributed by atoms with E-state index in [0.29, 0.717) is 5.82 Å². The fraction of sp³-hybridized carbons (Fsp3) is 0.182. The molecule has 0 bridgehead atoms. The average Bonchev–Trinajstić information content (AvgIpc) is 2.79. The van der Waals surface area contributed by atoms with Crippen LogP contribution < -0.4 is 5.73 Å². The molecule has 0 radical (unpaired) electrons. The van der Waals surface area contributed by atoms with Crippen LogP contribution in [0.5, 0.6) is 0 Å². The second kappa shape index (κ2) is 4.57. The Bertz CT molecular complexity index is 475. The number of H-pyrrole nitrogens is 1. The minimum absolute atomic E-state index is 0.0653. The predicted molar refractivity (Wildman–Crippen MR) is 62.4 cm³/mol. The van der Waals surface area contributed by atoms with Gasteiger partial charge in [-0.1, -0.05) is 18.2 Å². The van der Waals surface area contributed by atoms with Crippen molar-refractivity contribution in [3.05, 3.63) is 42.1 Å². The largest absolute Gasteiger partial charge is 0.398 e. The standard InChI is InChI=1S/C11H13N5/c1-8(9-4-2-3-5-10(9)12)14-16-11-6-7-13-15-11/h2-8H,12H2,1H3,(H,13,15). The molecule has 1 unspecified atom stereocenters. The third-order valence-corrected chi connectivity index (χ3v) is 2.27. The monoisotopic (exact) mass is 215 g/mol. The Labute approximate surface area is 93.4 Å². The van der Waals surface area contributed by atoms with E-state index in [-0.39, 0.29) is 6.04 Å². The number of hydrogen-bond acceptors (Lipinski definition) is 4. The molecule has 3 N–H and O–H groups in total. The van der Waals surface area contributed by atoms with Gasteiger partial charge in [0.25, 0.3) is 0 Å². The van der Waals surface area contributed by atoms with E-state index in [1.54, 1.807) is 12.3 Å². The second-order valence-electron chi connectivity index (χ2n) is 3.46. The zero-order valence-corrected chi connectivity index (χ0v) is 8.96. The number of benzene rings is 1. The number of para-hydroxylation sites is 1. The number of nitrogens with one attached hydrogen (secondary N) is 1. The van der Waals surface area contributed by atoms with Crippen molar-refractivity contribution in [1.29, 1.82) is 0 Å². The maximum Gasteiger partial charge on any atom is 0.169 e. The summed E-state index contributed by atoms with van der Waals surface area (Å²) < 4.78 is 0. The van der Waals surface area contributed by atoms with Crippen LogP contribution in [0, 0.1) is 0 Å². The third-order valence-electron chi connectivity index (χ3n) is 2.27. The number of anilines is 1. The van der Waals surface area contributed by atoms with E-state index >= 15 is 0 Å². The van der Waals surface area contributed by atoms with Gasteiger partial charge < -0.3 is 5.73 Å². The lowest BCUT2D eigenvalue weighted by atomic mass is 10.1. The van der Waals surface area contributed by atoms with Crippen molar-refractivity contribution in [2.45, 2.75) is 13.0 Å². The summed E-state index contributed by atoms with van der Waals surface area (Å²) in [6, 6.07) is 9.34. The van der Waals surface area contributed by atoms with Gasteiger partial charge in [-0.15, -0.1) is 5.11 Å². The van der Waals surface area contributed by atoms with Gasteiger partial charge in [0.2, 0.25) is 0 Å². The van der Waals surface area contributed by atoms with Crippen LogP contribution in [-0.2, 0) is 0 Å². The normalized spacial score (nSPS) is 13.1. The van der Waals surface area contributed by atoms with Gasteiger partial charge in [0.15, 0.2) is 5.82 Å². The van der Waals surface area contributed by atoms with Crippen LogP contribution in [0.1, 0.15) is 18.5 Å². The van der Waals surface area contributed by atoms with E-state index in [0.717, 1.165) is 11.3 Å². The molecule has 0 fully saturated rings. The lowest BCUT2D eigenvalue weighted by Gasteiger charge is -2.07. The molecule has 1 aromatic carbocycles. The van der Waals surface area contributed by atoms with Gasteiger partial charge in [-0.3, -0.25) is 5.10 Å². The molecule has 0 aliphatic rings. The zero-order chi connectivity index (χ0) is 11.4. The van der Waals surface area contributed by atoms with Crippen molar-refractivity contribution in [3.63, 3.8) is 0 Å². The first-order valence-corrected chi connectivity index (χ1v) is 5.02. The summed E-state index contributed by atoms with van der Waals surface area (Å²) in [5.41, 5.74) is 7.56. The van der Waals surface area contributed by atoms with Gasteiger partial charge in [-0.05, 0) is 13.0 Å². The molecule has 5 heteroatoms. The average molecular weight is 215 g/mol. The molecule has 2 aromatic rings. The highest BCUT2D eigenvalue weighted by atomic mass is 15.2. The summed E-state index contributed by atoms with van der Waals surface area (Å²) in [5.74, 6) is 0.640. The first-order valence-electron chi connectivity index (χ1n) is 5.02. The summed E-state index contributed by atoms with van der Waals surface area (Å²) in [4.78, 5) is 0. The van der Waals surface area contributed by atoms with Crippen LogP contribution in [0.4, 0.5) is 11.5 Å². The second-order valence-corrected chi connectivity index (χ2v) is 3.46. The van der Waals surface area contributed by atoms with E-state index in [9.17, 15) is 0 Å². The summed E-state index contributed by atoms with van der Waals surface area (Å²) in [5, 5.41) is 14.7. The van der Waals surface area contributed by atoms with Gasteiger partial charge in [-0.25, -0.2) is 0 Å². The molecule has 2 rings (SSSR count). The molecule has 1 aromatic heterocycles. The lowest BCUT2D eigenvalue weighted by molar-refractivity contribution is 0.762. The van der Waals surface area contributed by atoms with Crippen LogP contribution in [0.3, 0.4) is 0 Å². The summed E-state index contributed by atoms with van der Waals surface area (Å²) in [6.07, 6.45) is 1.63. The fourth-order valence-corrected chi connectivity index (χ4v) is 1.41. The van der Waals surface area contributed by atoms with Gasteiger partial charge in [-0.2, -0.15) is 10.2 Å². The number of aromatic amines is 1. The van der Waals surface area contributed by atoms with Crippen LogP contribution in [-0.4, -0.2) is 10.2 Å². The quantitative estimate of drug-likeness (QED) is 0.609. The molecular formula is C11H13N5. The van der Waals surface area contributed by atoms with Crippen molar-refractivity contribution >= 4 is 11.5 Å². The molecule has 5 nitrogen and oxygen atoms in total. The molecule has 0 saturated carbocycles. The number of hydrogen-bond donors (Lipinski definition) is 2. The molecular weight excluding hydrogens is 202 g/mol. The van der Waals surface area contributed by atoms with E-state index in [2.05, 4.69) is 20.4 Å². The van der Waals surface area contributed by atoms with Gasteiger partial charge in [0.05, 0.1) is 12.2 Å². The Morgan fingerprint density at radius 3 is 2.81 bits per heavy atom. The van der Waals surface area contributed by atoms with Gasteiger partial charge in [0, 0.05) is 17.3 Å². The number of nitrogens with zero attached hydrogens (tertiary/aromatic N) is 3. The Balaban J connectivity index is 2.14. The van der Waals surface area contributed by atoms with Crippen LogP contribution in [0.15, 0.2) is 46.8 Å². The molecule has 1 atom stereocenters. The molecule has 16 heavy (non-hydrogen) atoms. The molecule has 82 valence electrons. The van der Waals surface area contributed by atoms with Crippen LogP contribution in [0.25, 0.3) is 0 Å². The lowest BCUT2D eigenvalue weighted by Crippen LogP contribution is -1.96. The number of nitrogen functional groups attached to an aromatic ring is 1. The van der Waals surface area contributed by atoms with Crippen LogP contribution in [0.2, 0.25) is 0 Å². The predicted octanol–water partition coefficient (Wildman–Crippen LogP) is 2.84. The Morgan fingerprint density at radius 1 is 1.31 bits per heavy atom. The first-order chi connectivity index (χ1) is 7.77. The highest BCUT2D eigenvalue weighted by Crippen LogP contribution is 2.24. The number of azo groups is 1. The van der Waals surface area contributed by atoms with Gasteiger partial charge in [0.1, 0.15) is 0 Å². The van der Waals surface area contributed by atoms with Gasteiger partial charge >= 0.3 is 0 Å². The molecule has 1 heterocycles. The minimum atomic E-state index is -0.0653. The Morgan fingerprint density at radius 2 is 2.12 bits per heavy atom. The van der Waals surface area contributed by atoms with Crippen molar-refractivity contribution in [2.24, 2.45) is 10.2 Å². The van der Waals surface area contributed by atoms with Crippen molar-refractivity contribution in [1.82, 2.24) is 10.2 Å². The maximum absolute atomic E-state index is 5.85. The maximum atomic E-state index is 5.85. The SMILES string of the molecule is CC(N=Nc1ccn[nH]1)c1ccccc1N.